The van der Waals surface area contributed by atoms with Gasteiger partial charge in [-0.2, -0.15) is 18.3 Å². The fourth-order valence-electron chi connectivity index (χ4n) is 3.30. The maximum Gasteiger partial charge on any atom is 0.390 e. The molecule has 1 aliphatic carbocycles. The van der Waals surface area contributed by atoms with Crippen molar-refractivity contribution in [3.63, 3.8) is 0 Å². The van der Waals surface area contributed by atoms with E-state index in [-0.39, 0.29) is 18.2 Å². The SMILES string of the molecule is CNC1CC1.Cc1ccc(-c2cnc3c(NCCC(F)(F)F)nc(-c4ccn[nH]4)cn23)cc1F. The number of fused-ring (bicyclic) bond motifs is 1. The molecule has 4 aromatic rings. The van der Waals surface area contributed by atoms with Crippen molar-refractivity contribution in [2.75, 3.05) is 18.9 Å². The van der Waals surface area contributed by atoms with E-state index in [9.17, 15) is 17.6 Å². The minimum absolute atomic E-state index is 0.195. The van der Waals surface area contributed by atoms with Crippen LogP contribution >= 0.6 is 0 Å². The van der Waals surface area contributed by atoms with Crippen LogP contribution in [0.2, 0.25) is 0 Å². The molecule has 34 heavy (non-hydrogen) atoms. The summed E-state index contributed by atoms with van der Waals surface area (Å²) >= 11 is 0. The Morgan fingerprint density at radius 1 is 1.21 bits per heavy atom. The molecule has 0 spiro atoms. The number of aromatic amines is 1. The topological polar surface area (TPSA) is 82.9 Å². The fourth-order valence-corrected chi connectivity index (χ4v) is 3.30. The standard InChI is InChI=1S/C19H16F4N6.C4H9N/c1-11-2-3-12(8-13(11)20)16-9-25-18-17(24-7-5-19(21,22)23)27-15(10-29(16)18)14-4-6-26-28-14;1-5-4-2-3-4/h2-4,6,8-10H,5,7H2,1H3,(H,24,27)(H,26,28);4-5H,2-3H2,1H3. The Bertz CT molecular complexity index is 1240. The summed E-state index contributed by atoms with van der Waals surface area (Å²) in [5.41, 5.74) is 3.06. The predicted molar refractivity (Wildman–Crippen MR) is 122 cm³/mol. The second-order valence-electron chi connectivity index (χ2n) is 8.10. The van der Waals surface area contributed by atoms with Crippen LogP contribution in [0.1, 0.15) is 24.8 Å². The lowest BCUT2D eigenvalue weighted by molar-refractivity contribution is -0.131. The van der Waals surface area contributed by atoms with Crippen molar-refractivity contribution in [3.8, 4) is 22.6 Å². The first-order valence-corrected chi connectivity index (χ1v) is 10.9. The zero-order chi connectivity index (χ0) is 24.3. The third-order valence-electron chi connectivity index (χ3n) is 5.42. The van der Waals surface area contributed by atoms with Crippen LogP contribution in [0.25, 0.3) is 28.3 Å². The number of H-pyrrole nitrogens is 1. The first kappa shape index (κ1) is 23.7. The van der Waals surface area contributed by atoms with Gasteiger partial charge in [-0.3, -0.25) is 9.50 Å². The third kappa shape index (κ3) is 5.71. The first-order valence-electron chi connectivity index (χ1n) is 10.9. The number of benzene rings is 1. The van der Waals surface area contributed by atoms with Crippen LogP contribution in [-0.4, -0.2) is 50.4 Å². The van der Waals surface area contributed by atoms with Gasteiger partial charge in [-0.25, -0.2) is 14.4 Å². The highest BCUT2D eigenvalue weighted by Crippen LogP contribution is 2.28. The Kier molecular flexibility index (Phi) is 6.82. The molecule has 3 aromatic heterocycles. The molecule has 180 valence electrons. The van der Waals surface area contributed by atoms with E-state index in [0.717, 1.165) is 6.04 Å². The Morgan fingerprint density at radius 2 is 2.00 bits per heavy atom. The molecule has 1 aliphatic rings. The van der Waals surface area contributed by atoms with Crippen molar-refractivity contribution < 1.29 is 17.6 Å². The monoisotopic (exact) mass is 475 g/mol. The summed E-state index contributed by atoms with van der Waals surface area (Å²) in [7, 11) is 2.01. The van der Waals surface area contributed by atoms with Gasteiger partial charge in [0.2, 0.25) is 0 Å². The van der Waals surface area contributed by atoms with E-state index in [0.29, 0.717) is 33.9 Å². The van der Waals surface area contributed by atoms with Gasteiger partial charge in [0.1, 0.15) is 11.5 Å². The van der Waals surface area contributed by atoms with Crippen LogP contribution in [0.5, 0.6) is 0 Å². The number of rotatable bonds is 6. The second kappa shape index (κ2) is 9.80. The lowest BCUT2D eigenvalue weighted by Gasteiger charge is -2.12. The van der Waals surface area contributed by atoms with E-state index in [1.54, 1.807) is 41.9 Å². The molecule has 1 aromatic carbocycles. The summed E-state index contributed by atoms with van der Waals surface area (Å²) < 4.78 is 53.3. The zero-order valence-electron chi connectivity index (χ0n) is 18.7. The highest BCUT2D eigenvalue weighted by atomic mass is 19.4. The molecule has 0 bridgehead atoms. The van der Waals surface area contributed by atoms with Crippen molar-refractivity contribution in [3.05, 3.63) is 54.2 Å². The molecule has 0 atom stereocenters. The number of aryl methyl sites for hydroxylation is 1. The van der Waals surface area contributed by atoms with Gasteiger partial charge in [0, 0.05) is 30.5 Å². The Hall–Kier alpha value is -3.47. The number of hydrogen-bond donors (Lipinski definition) is 3. The largest absolute Gasteiger partial charge is 0.390 e. The number of alkyl halides is 3. The summed E-state index contributed by atoms with van der Waals surface area (Å²) in [5, 5.41) is 12.5. The van der Waals surface area contributed by atoms with Crippen LogP contribution in [-0.2, 0) is 0 Å². The molecular weight excluding hydrogens is 450 g/mol. The van der Waals surface area contributed by atoms with Crippen LogP contribution in [0.4, 0.5) is 23.4 Å². The van der Waals surface area contributed by atoms with E-state index in [1.165, 1.54) is 25.1 Å². The molecule has 0 radical (unpaired) electrons. The molecule has 0 aliphatic heterocycles. The Labute approximate surface area is 193 Å². The second-order valence-corrected chi connectivity index (χ2v) is 8.10. The van der Waals surface area contributed by atoms with Gasteiger partial charge in [-0.15, -0.1) is 0 Å². The van der Waals surface area contributed by atoms with E-state index < -0.39 is 12.6 Å². The average Bonchev–Trinajstić information content (AvgIpc) is 3.29. The molecule has 11 heteroatoms. The number of halogens is 4. The number of imidazole rings is 1. The maximum absolute atomic E-state index is 14.1. The van der Waals surface area contributed by atoms with Crippen LogP contribution < -0.4 is 10.6 Å². The zero-order valence-corrected chi connectivity index (χ0v) is 18.7. The van der Waals surface area contributed by atoms with Gasteiger partial charge in [0.25, 0.3) is 0 Å². The molecule has 3 heterocycles. The lowest BCUT2D eigenvalue weighted by Crippen LogP contribution is -2.16. The average molecular weight is 475 g/mol. The van der Waals surface area contributed by atoms with Gasteiger partial charge in [0.05, 0.1) is 24.0 Å². The van der Waals surface area contributed by atoms with E-state index in [1.807, 2.05) is 7.05 Å². The van der Waals surface area contributed by atoms with E-state index in [4.69, 9.17) is 0 Å². The van der Waals surface area contributed by atoms with Gasteiger partial charge in [-0.05, 0) is 44.5 Å². The van der Waals surface area contributed by atoms with Crippen LogP contribution in [0.15, 0.2) is 42.9 Å². The van der Waals surface area contributed by atoms with E-state index >= 15 is 0 Å². The number of hydrogen-bond acceptors (Lipinski definition) is 5. The molecule has 0 saturated heterocycles. The summed E-state index contributed by atoms with van der Waals surface area (Å²) in [6.07, 6.45) is 2.26. The van der Waals surface area contributed by atoms with Gasteiger partial charge in [0.15, 0.2) is 11.5 Å². The van der Waals surface area contributed by atoms with Crippen molar-refractivity contribution in [1.82, 2.24) is 29.9 Å². The minimum Gasteiger partial charge on any atom is -0.367 e. The van der Waals surface area contributed by atoms with Crippen molar-refractivity contribution >= 4 is 11.5 Å². The minimum atomic E-state index is -4.29. The molecule has 0 amide bonds. The predicted octanol–water partition coefficient (Wildman–Crippen LogP) is 4.97. The van der Waals surface area contributed by atoms with Crippen molar-refractivity contribution in [1.29, 1.82) is 0 Å². The first-order chi connectivity index (χ1) is 16.2. The molecule has 7 nitrogen and oxygen atoms in total. The molecule has 1 fully saturated rings. The number of anilines is 1. The highest BCUT2D eigenvalue weighted by Gasteiger charge is 2.26. The Balaban J connectivity index is 0.000000486. The van der Waals surface area contributed by atoms with Gasteiger partial charge in [-0.1, -0.05) is 12.1 Å². The third-order valence-corrected chi connectivity index (χ3v) is 5.42. The molecule has 5 rings (SSSR count). The van der Waals surface area contributed by atoms with E-state index in [2.05, 4.69) is 30.8 Å². The van der Waals surface area contributed by atoms with Crippen molar-refractivity contribution in [2.24, 2.45) is 0 Å². The fraction of sp³-hybridized carbons (Fsp3) is 0.348. The molecular formula is C23H25F4N7. The summed E-state index contributed by atoms with van der Waals surface area (Å²) in [6.45, 7) is 1.32. The van der Waals surface area contributed by atoms with Gasteiger partial charge < -0.3 is 10.6 Å². The van der Waals surface area contributed by atoms with Crippen LogP contribution in [0.3, 0.4) is 0 Å². The molecule has 0 unspecified atom stereocenters. The highest BCUT2D eigenvalue weighted by molar-refractivity contribution is 5.73. The van der Waals surface area contributed by atoms with Crippen LogP contribution in [0, 0.1) is 12.7 Å². The normalized spacial score (nSPS) is 13.6. The molecule has 1 saturated carbocycles. The van der Waals surface area contributed by atoms with Gasteiger partial charge >= 0.3 is 6.18 Å². The summed E-state index contributed by atoms with van der Waals surface area (Å²) in [5.74, 6) is -0.163. The molecule has 3 N–H and O–H groups in total. The number of nitrogens with zero attached hydrogens (tertiary/aromatic N) is 4. The Morgan fingerprint density at radius 3 is 2.59 bits per heavy atom. The summed E-state index contributed by atoms with van der Waals surface area (Å²) in [6, 6.07) is 7.38. The smallest absolute Gasteiger partial charge is 0.367 e. The number of nitrogens with one attached hydrogen (secondary N) is 3. The quantitative estimate of drug-likeness (QED) is 0.343. The van der Waals surface area contributed by atoms with Crippen molar-refractivity contribution in [2.45, 2.75) is 38.4 Å². The maximum atomic E-state index is 14.1. The lowest BCUT2D eigenvalue weighted by atomic mass is 10.1. The number of aromatic nitrogens is 5. The summed E-state index contributed by atoms with van der Waals surface area (Å²) in [4.78, 5) is 8.69.